The van der Waals surface area contributed by atoms with Crippen molar-refractivity contribution in [3.63, 3.8) is 0 Å². The highest BCUT2D eigenvalue weighted by Crippen LogP contribution is 2.34. The van der Waals surface area contributed by atoms with Crippen LogP contribution in [-0.2, 0) is 9.59 Å². The molecule has 2 aromatic heterocycles. The molecule has 0 aliphatic carbocycles. The summed E-state index contributed by atoms with van der Waals surface area (Å²) in [6.45, 7) is 4.45. The molecule has 3 heterocycles. The molecule has 4 rings (SSSR count). The Hall–Kier alpha value is -2.58. The summed E-state index contributed by atoms with van der Waals surface area (Å²) in [5.74, 6) is 2.25. The molecule has 2 amide bonds. The first kappa shape index (κ1) is 19.7. The van der Waals surface area contributed by atoms with Crippen LogP contribution >= 0.6 is 23.1 Å². The van der Waals surface area contributed by atoms with Crippen LogP contribution in [0.5, 0.6) is 0 Å². The minimum Gasteiger partial charge on any atom is -0.466 e. The van der Waals surface area contributed by atoms with Gasteiger partial charge in [-0.15, -0.1) is 23.1 Å². The summed E-state index contributed by atoms with van der Waals surface area (Å²) in [6, 6.07) is 9.82. The van der Waals surface area contributed by atoms with Crippen molar-refractivity contribution in [3.8, 4) is 11.3 Å². The first-order chi connectivity index (χ1) is 14.0. The fourth-order valence-electron chi connectivity index (χ4n) is 3.31. The lowest BCUT2D eigenvalue weighted by Crippen LogP contribution is -2.35. The Kier molecular flexibility index (Phi) is 5.73. The lowest BCUT2D eigenvalue weighted by atomic mass is 10.2. The van der Waals surface area contributed by atoms with E-state index in [0.717, 1.165) is 39.1 Å². The molecule has 3 aromatic rings. The standard InChI is InChI=1S/C21H21N3O3S2/c1-13-11-15(14(2)27-13)16-12-29-21(22-16)23-19(25)7-8-20(26)24-9-10-28-18-6-4-3-5-17(18)24/h3-6,11-12H,7-10H2,1-2H3,(H,22,23,25). The fourth-order valence-corrected chi connectivity index (χ4v) is 5.03. The van der Waals surface area contributed by atoms with Gasteiger partial charge in [0.25, 0.3) is 0 Å². The highest BCUT2D eigenvalue weighted by Gasteiger charge is 2.23. The second-order valence-electron chi connectivity index (χ2n) is 6.77. The summed E-state index contributed by atoms with van der Waals surface area (Å²) in [7, 11) is 0. The molecule has 0 bridgehead atoms. The molecule has 0 saturated heterocycles. The van der Waals surface area contributed by atoms with Crippen LogP contribution in [-0.4, -0.2) is 29.1 Å². The van der Waals surface area contributed by atoms with E-state index in [1.165, 1.54) is 11.3 Å². The third-order valence-corrected chi connectivity index (χ3v) is 6.46. The lowest BCUT2D eigenvalue weighted by Gasteiger charge is -2.28. The number of anilines is 2. The van der Waals surface area contributed by atoms with Crippen LogP contribution in [0.3, 0.4) is 0 Å². The number of aryl methyl sites for hydroxylation is 2. The molecular formula is C21H21N3O3S2. The third kappa shape index (κ3) is 4.38. The number of benzene rings is 1. The van der Waals surface area contributed by atoms with E-state index in [1.807, 2.05) is 49.6 Å². The number of nitrogens with one attached hydrogen (secondary N) is 1. The van der Waals surface area contributed by atoms with Crippen molar-refractivity contribution in [2.24, 2.45) is 0 Å². The molecule has 1 aliphatic rings. The normalized spacial score (nSPS) is 13.2. The molecule has 0 spiro atoms. The molecule has 0 unspecified atom stereocenters. The Morgan fingerprint density at radius 2 is 2.07 bits per heavy atom. The molecule has 1 aromatic carbocycles. The second-order valence-corrected chi connectivity index (χ2v) is 8.77. The number of carbonyl (C=O) groups is 2. The summed E-state index contributed by atoms with van der Waals surface area (Å²) in [6.07, 6.45) is 0.298. The van der Waals surface area contributed by atoms with Crippen LogP contribution in [0.1, 0.15) is 24.4 Å². The SMILES string of the molecule is Cc1cc(-c2csc(NC(=O)CCC(=O)N3CCSc4ccccc43)n2)c(C)o1. The summed E-state index contributed by atoms with van der Waals surface area (Å²) in [5, 5.41) is 5.21. The highest BCUT2D eigenvalue weighted by atomic mass is 32.2. The van der Waals surface area contributed by atoms with E-state index in [4.69, 9.17) is 4.42 Å². The summed E-state index contributed by atoms with van der Waals surface area (Å²) in [4.78, 5) is 32.3. The van der Waals surface area contributed by atoms with Gasteiger partial charge >= 0.3 is 0 Å². The second kappa shape index (κ2) is 8.42. The van der Waals surface area contributed by atoms with Gasteiger partial charge < -0.3 is 14.6 Å². The van der Waals surface area contributed by atoms with Gasteiger partial charge in [0.05, 0.1) is 11.4 Å². The van der Waals surface area contributed by atoms with E-state index in [2.05, 4.69) is 10.3 Å². The van der Waals surface area contributed by atoms with E-state index in [0.29, 0.717) is 11.7 Å². The monoisotopic (exact) mass is 427 g/mol. The Labute approximate surface area is 177 Å². The average Bonchev–Trinajstić information content (AvgIpc) is 3.31. The van der Waals surface area contributed by atoms with E-state index in [1.54, 1.807) is 16.7 Å². The van der Waals surface area contributed by atoms with Crippen molar-refractivity contribution in [1.82, 2.24) is 4.98 Å². The number of rotatable bonds is 5. The van der Waals surface area contributed by atoms with Gasteiger partial charge in [-0.2, -0.15) is 0 Å². The number of aromatic nitrogens is 1. The Morgan fingerprint density at radius 3 is 2.86 bits per heavy atom. The predicted octanol–water partition coefficient (Wildman–Crippen LogP) is 4.88. The van der Waals surface area contributed by atoms with Gasteiger partial charge in [0, 0.05) is 41.0 Å². The largest absolute Gasteiger partial charge is 0.466 e. The maximum absolute atomic E-state index is 12.7. The van der Waals surface area contributed by atoms with Gasteiger partial charge in [-0.3, -0.25) is 9.59 Å². The first-order valence-electron chi connectivity index (χ1n) is 9.36. The van der Waals surface area contributed by atoms with Crippen molar-refractivity contribution in [2.75, 3.05) is 22.5 Å². The quantitative estimate of drug-likeness (QED) is 0.628. The summed E-state index contributed by atoms with van der Waals surface area (Å²) < 4.78 is 5.54. The molecule has 0 fully saturated rings. The van der Waals surface area contributed by atoms with Crippen LogP contribution in [0, 0.1) is 13.8 Å². The first-order valence-corrected chi connectivity index (χ1v) is 11.2. The van der Waals surface area contributed by atoms with Gasteiger partial charge in [0.15, 0.2) is 5.13 Å². The molecule has 1 aliphatic heterocycles. The molecule has 0 radical (unpaired) electrons. The number of fused-ring (bicyclic) bond motifs is 1. The zero-order valence-corrected chi connectivity index (χ0v) is 17.9. The molecule has 29 heavy (non-hydrogen) atoms. The lowest BCUT2D eigenvalue weighted by molar-refractivity contribution is -0.122. The van der Waals surface area contributed by atoms with Crippen LogP contribution in [0.15, 0.2) is 45.0 Å². The Bertz CT molecular complexity index is 1060. The minimum atomic E-state index is -0.209. The zero-order valence-electron chi connectivity index (χ0n) is 16.2. The van der Waals surface area contributed by atoms with Crippen LogP contribution in [0.4, 0.5) is 10.8 Å². The van der Waals surface area contributed by atoms with Crippen molar-refractivity contribution >= 4 is 45.7 Å². The Balaban J connectivity index is 1.34. The van der Waals surface area contributed by atoms with Gasteiger partial charge in [-0.05, 0) is 32.0 Å². The molecule has 150 valence electrons. The van der Waals surface area contributed by atoms with E-state index in [9.17, 15) is 9.59 Å². The number of hydrogen-bond acceptors (Lipinski definition) is 6. The number of hydrogen-bond donors (Lipinski definition) is 1. The third-order valence-electron chi connectivity index (χ3n) is 4.66. The molecule has 6 nitrogen and oxygen atoms in total. The van der Waals surface area contributed by atoms with Gasteiger partial charge in [-0.25, -0.2) is 4.98 Å². The molecule has 8 heteroatoms. The predicted molar refractivity (Wildman–Crippen MR) is 117 cm³/mol. The number of thioether (sulfide) groups is 1. The number of furan rings is 1. The fraction of sp³-hybridized carbons (Fsp3) is 0.286. The van der Waals surface area contributed by atoms with Crippen molar-refractivity contribution < 1.29 is 14.0 Å². The smallest absolute Gasteiger partial charge is 0.227 e. The number of carbonyl (C=O) groups excluding carboxylic acids is 2. The summed E-state index contributed by atoms with van der Waals surface area (Å²) in [5.41, 5.74) is 2.64. The van der Waals surface area contributed by atoms with Crippen LogP contribution < -0.4 is 10.2 Å². The highest BCUT2D eigenvalue weighted by molar-refractivity contribution is 7.99. The van der Waals surface area contributed by atoms with Crippen LogP contribution in [0.25, 0.3) is 11.3 Å². The van der Waals surface area contributed by atoms with Crippen molar-refractivity contribution in [3.05, 3.63) is 47.2 Å². The van der Waals surface area contributed by atoms with Gasteiger partial charge in [-0.1, -0.05) is 12.1 Å². The number of nitrogens with zero attached hydrogens (tertiary/aromatic N) is 2. The minimum absolute atomic E-state index is 0.0303. The maximum atomic E-state index is 12.7. The molecular weight excluding hydrogens is 406 g/mol. The maximum Gasteiger partial charge on any atom is 0.227 e. The van der Waals surface area contributed by atoms with Crippen molar-refractivity contribution in [1.29, 1.82) is 0 Å². The van der Waals surface area contributed by atoms with Crippen molar-refractivity contribution in [2.45, 2.75) is 31.6 Å². The molecule has 1 N–H and O–H groups in total. The number of amides is 2. The number of thiazole rings is 1. The Morgan fingerprint density at radius 1 is 1.24 bits per heavy atom. The zero-order chi connectivity index (χ0) is 20.4. The van der Waals surface area contributed by atoms with E-state index < -0.39 is 0 Å². The molecule has 0 atom stereocenters. The number of para-hydroxylation sites is 1. The van der Waals surface area contributed by atoms with Crippen LogP contribution in [0.2, 0.25) is 0 Å². The molecule has 0 saturated carbocycles. The van der Waals surface area contributed by atoms with E-state index >= 15 is 0 Å². The average molecular weight is 428 g/mol. The summed E-state index contributed by atoms with van der Waals surface area (Å²) >= 11 is 3.11. The van der Waals surface area contributed by atoms with E-state index in [-0.39, 0.29) is 24.7 Å². The van der Waals surface area contributed by atoms with Gasteiger partial charge in [0.1, 0.15) is 11.5 Å². The topological polar surface area (TPSA) is 75.4 Å². The van der Waals surface area contributed by atoms with Gasteiger partial charge in [0.2, 0.25) is 11.8 Å².